The number of hydrogen-bond acceptors (Lipinski definition) is 4. The number of anilines is 1. The first-order chi connectivity index (χ1) is 12.3. The molecule has 134 valence electrons. The molecule has 9 heteroatoms. The summed E-state index contributed by atoms with van der Waals surface area (Å²) in [5.74, 6) is -1.58. The van der Waals surface area contributed by atoms with Crippen molar-refractivity contribution in [2.45, 2.75) is 0 Å². The van der Waals surface area contributed by atoms with Crippen molar-refractivity contribution in [1.29, 1.82) is 0 Å². The van der Waals surface area contributed by atoms with Crippen LogP contribution in [-0.4, -0.2) is 24.0 Å². The second-order valence-corrected chi connectivity index (χ2v) is 6.85. The second-order valence-electron chi connectivity index (χ2n) is 5.26. The molecule has 0 atom stereocenters. The van der Waals surface area contributed by atoms with Gasteiger partial charge in [-0.05, 0) is 73.8 Å². The number of aromatic hydroxyl groups is 1. The van der Waals surface area contributed by atoms with Gasteiger partial charge in [0, 0.05) is 4.47 Å². The van der Waals surface area contributed by atoms with E-state index in [9.17, 15) is 19.1 Å². The lowest BCUT2D eigenvalue weighted by Gasteiger charge is -2.14. The average molecular weight is 486 g/mol. The first-order valence-corrected chi connectivity index (χ1v) is 8.79. The Morgan fingerprint density at radius 2 is 1.85 bits per heavy atom. The first kappa shape index (κ1) is 18.4. The van der Waals surface area contributed by atoms with Crippen molar-refractivity contribution in [3.63, 3.8) is 0 Å². The number of phenols is 1. The predicted molar refractivity (Wildman–Crippen MR) is 100 cm³/mol. The van der Waals surface area contributed by atoms with Gasteiger partial charge in [0.25, 0.3) is 11.8 Å². The Balaban J connectivity index is 2.02. The molecule has 2 aromatic carbocycles. The van der Waals surface area contributed by atoms with Crippen molar-refractivity contribution in [3.05, 3.63) is 56.2 Å². The third-order valence-corrected chi connectivity index (χ3v) is 5.83. The van der Waals surface area contributed by atoms with Crippen molar-refractivity contribution < 1.29 is 23.8 Å². The highest BCUT2D eigenvalue weighted by atomic mass is 79.9. The molecule has 0 aliphatic carbocycles. The first-order valence-electron chi connectivity index (χ1n) is 7.21. The van der Waals surface area contributed by atoms with Crippen LogP contribution in [0.2, 0.25) is 0 Å². The van der Waals surface area contributed by atoms with Crippen LogP contribution in [0.25, 0.3) is 6.08 Å². The molecule has 0 saturated carbocycles. The topological polar surface area (TPSA) is 78.9 Å². The number of carbonyl (C=O) groups excluding carboxylic acids is 2. The Kier molecular flexibility index (Phi) is 5.01. The van der Waals surface area contributed by atoms with Crippen molar-refractivity contribution in [1.82, 2.24) is 5.43 Å². The fourth-order valence-electron chi connectivity index (χ4n) is 2.36. The van der Waals surface area contributed by atoms with Crippen LogP contribution in [0.5, 0.6) is 11.5 Å². The molecule has 0 unspecified atom stereocenters. The van der Waals surface area contributed by atoms with E-state index in [4.69, 9.17) is 4.74 Å². The Hall–Kier alpha value is -2.39. The molecule has 3 rings (SSSR count). The van der Waals surface area contributed by atoms with Gasteiger partial charge >= 0.3 is 0 Å². The van der Waals surface area contributed by atoms with Gasteiger partial charge in [-0.1, -0.05) is 0 Å². The zero-order valence-corrected chi connectivity index (χ0v) is 16.4. The molecule has 2 amide bonds. The second kappa shape index (κ2) is 7.08. The number of nitrogens with one attached hydrogen (secondary N) is 1. The summed E-state index contributed by atoms with van der Waals surface area (Å²) in [5.41, 5.74) is 3.09. The summed E-state index contributed by atoms with van der Waals surface area (Å²) >= 11 is 6.52. The number of nitrogens with zero attached hydrogens (tertiary/aromatic N) is 1. The molecule has 0 spiro atoms. The highest BCUT2D eigenvalue weighted by Crippen LogP contribution is 2.42. The summed E-state index contributed by atoms with van der Waals surface area (Å²) < 4.78 is 18.9. The summed E-state index contributed by atoms with van der Waals surface area (Å²) in [6, 6.07) is 6.63. The van der Waals surface area contributed by atoms with Gasteiger partial charge in [-0.25, -0.2) is 9.40 Å². The highest BCUT2D eigenvalue weighted by molar-refractivity contribution is 9.13. The minimum Gasteiger partial charge on any atom is -0.503 e. The fraction of sp³-hybridized carbons (Fsp3) is 0.0588. The molecule has 1 aliphatic rings. The lowest BCUT2D eigenvalue weighted by atomic mass is 10.1. The number of methoxy groups -OCH3 is 1. The van der Waals surface area contributed by atoms with Crippen molar-refractivity contribution in [2.24, 2.45) is 0 Å². The minimum absolute atomic E-state index is 0.114. The molecular weight excluding hydrogens is 475 g/mol. The molecule has 1 heterocycles. The number of rotatable bonds is 3. The third kappa shape index (κ3) is 3.19. The summed E-state index contributed by atoms with van der Waals surface area (Å²) in [6.07, 6.45) is 1.37. The Morgan fingerprint density at radius 3 is 2.46 bits per heavy atom. The molecule has 0 bridgehead atoms. The van der Waals surface area contributed by atoms with Crippen LogP contribution in [0.3, 0.4) is 0 Å². The maximum absolute atomic E-state index is 13.1. The monoisotopic (exact) mass is 484 g/mol. The number of hydrazine groups is 1. The molecule has 1 fully saturated rings. The van der Waals surface area contributed by atoms with Gasteiger partial charge in [-0.15, -0.1) is 0 Å². The maximum Gasteiger partial charge on any atom is 0.282 e. The molecule has 26 heavy (non-hydrogen) atoms. The molecule has 2 aromatic rings. The summed E-state index contributed by atoms with van der Waals surface area (Å²) in [7, 11) is 1.38. The average Bonchev–Trinajstić information content (AvgIpc) is 2.90. The molecule has 2 N–H and O–H groups in total. The quantitative estimate of drug-likeness (QED) is 0.515. The normalized spacial score (nSPS) is 15.5. The van der Waals surface area contributed by atoms with E-state index in [-0.39, 0.29) is 17.1 Å². The van der Waals surface area contributed by atoms with E-state index in [0.717, 1.165) is 5.01 Å². The molecule has 6 nitrogen and oxygen atoms in total. The van der Waals surface area contributed by atoms with E-state index in [2.05, 4.69) is 37.3 Å². The Labute approximate surface area is 164 Å². The highest BCUT2D eigenvalue weighted by Gasteiger charge is 2.34. The number of amides is 2. The lowest BCUT2D eigenvalue weighted by molar-refractivity contribution is -0.117. The van der Waals surface area contributed by atoms with Gasteiger partial charge in [0.05, 0.1) is 17.3 Å². The van der Waals surface area contributed by atoms with Crippen LogP contribution in [0, 0.1) is 5.82 Å². The van der Waals surface area contributed by atoms with E-state index in [1.165, 1.54) is 43.5 Å². The van der Waals surface area contributed by atoms with Gasteiger partial charge in [-0.2, -0.15) is 0 Å². The maximum atomic E-state index is 13.1. The Bertz CT molecular complexity index is 945. The molecule has 0 radical (unpaired) electrons. The fourth-order valence-corrected chi connectivity index (χ4v) is 3.20. The van der Waals surface area contributed by atoms with Crippen molar-refractivity contribution in [3.8, 4) is 11.5 Å². The van der Waals surface area contributed by atoms with Gasteiger partial charge in [0.15, 0.2) is 11.5 Å². The standard InChI is InChI=1S/C17H11Br2FN2O4/c1-26-12-7-8(13(18)14(19)15(12)23)6-11-16(24)21-22(17(11)25)10-4-2-9(20)3-5-10/h2-7,23H,1H3,(H,21,24). The van der Waals surface area contributed by atoms with Crippen LogP contribution in [0.15, 0.2) is 44.9 Å². The van der Waals surface area contributed by atoms with E-state index >= 15 is 0 Å². The van der Waals surface area contributed by atoms with Crippen LogP contribution >= 0.6 is 31.9 Å². The van der Waals surface area contributed by atoms with Gasteiger partial charge < -0.3 is 9.84 Å². The van der Waals surface area contributed by atoms with E-state index in [1.54, 1.807) is 0 Å². The molecule has 1 aliphatic heterocycles. The van der Waals surface area contributed by atoms with Crippen molar-refractivity contribution in [2.75, 3.05) is 12.1 Å². The van der Waals surface area contributed by atoms with Crippen LogP contribution in [-0.2, 0) is 9.59 Å². The molecule has 1 saturated heterocycles. The van der Waals surface area contributed by atoms with E-state index < -0.39 is 17.6 Å². The third-order valence-electron chi connectivity index (χ3n) is 3.67. The zero-order chi connectivity index (χ0) is 19.0. The number of halogens is 3. The lowest BCUT2D eigenvalue weighted by Crippen LogP contribution is -2.35. The SMILES string of the molecule is COc1cc(C=C2C(=O)NN(c3ccc(F)cc3)C2=O)c(Br)c(Br)c1O. The van der Waals surface area contributed by atoms with Crippen LogP contribution in [0.1, 0.15) is 5.56 Å². The Morgan fingerprint density at radius 1 is 1.19 bits per heavy atom. The molecular formula is C17H11Br2FN2O4. The smallest absolute Gasteiger partial charge is 0.282 e. The predicted octanol–water partition coefficient (Wildman–Crippen LogP) is 3.53. The van der Waals surface area contributed by atoms with Gasteiger partial charge in [0.2, 0.25) is 0 Å². The number of benzene rings is 2. The number of phenolic OH excluding ortho intramolecular Hbond substituents is 1. The largest absolute Gasteiger partial charge is 0.503 e. The summed E-state index contributed by atoms with van der Waals surface area (Å²) in [6.45, 7) is 0. The van der Waals surface area contributed by atoms with Crippen molar-refractivity contribution >= 4 is 55.4 Å². The van der Waals surface area contributed by atoms with Gasteiger partial charge in [0.1, 0.15) is 11.4 Å². The van der Waals surface area contributed by atoms with E-state index in [1.807, 2.05) is 0 Å². The van der Waals surface area contributed by atoms with E-state index in [0.29, 0.717) is 20.2 Å². The number of ether oxygens (including phenoxy) is 1. The number of carbonyl (C=O) groups is 2. The number of hydrogen-bond donors (Lipinski definition) is 2. The van der Waals surface area contributed by atoms with Crippen LogP contribution < -0.4 is 15.2 Å². The molecule has 0 aromatic heterocycles. The van der Waals surface area contributed by atoms with Gasteiger partial charge in [-0.3, -0.25) is 15.0 Å². The van der Waals surface area contributed by atoms with Crippen LogP contribution in [0.4, 0.5) is 10.1 Å². The minimum atomic E-state index is -0.602. The zero-order valence-electron chi connectivity index (χ0n) is 13.2. The summed E-state index contributed by atoms with van der Waals surface area (Å²) in [4.78, 5) is 24.8. The summed E-state index contributed by atoms with van der Waals surface area (Å²) in [5, 5.41) is 11.0.